The second-order valence-corrected chi connectivity index (χ2v) is 7.22. The Labute approximate surface area is 138 Å². The summed E-state index contributed by atoms with van der Waals surface area (Å²) in [6.07, 6.45) is 2.26. The molecule has 0 spiro atoms. The van der Waals surface area contributed by atoms with Gasteiger partial charge >= 0.3 is 0 Å². The zero-order chi connectivity index (χ0) is 17.3. The monoisotopic (exact) mass is 344 g/mol. The standard InChI is InChI=1S/C17H13FN2O3S/c1-24(22,23)15-10-19-17(11-5-7-14(21)8-6-11)20-16(15)12-3-2-4-13(18)9-12/h2-10,21H,1H3. The molecule has 1 heterocycles. The van der Waals surface area contributed by atoms with Gasteiger partial charge in [0, 0.05) is 17.4 Å². The molecule has 0 aliphatic rings. The summed E-state index contributed by atoms with van der Waals surface area (Å²) in [7, 11) is -3.59. The first-order valence-electron chi connectivity index (χ1n) is 6.97. The minimum Gasteiger partial charge on any atom is -0.508 e. The molecule has 0 aliphatic heterocycles. The van der Waals surface area contributed by atoms with Crippen molar-refractivity contribution >= 4 is 9.84 Å². The first-order valence-corrected chi connectivity index (χ1v) is 8.86. The molecule has 0 radical (unpaired) electrons. The molecule has 122 valence electrons. The highest BCUT2D eigenvalue weighted by Crippen LogP contribution is 2.28. The quantitative estimate of drug-likeness (QED) is 0.790. The van der Waals surface area contributed by atoms with E-state index in [0.717, 1.165) is 6.26 Å². The SMILES string of the molecule is CS(=O)(=O)c1cnc(-c2ccc(O)cc2)nc1-c1cccc(F)c1. The predicted molar refractivity (Wildman–Crippen MR) is 87.6 cm³/mol. The van der Waals surface area contributed by atoms with Gasteiger partial charge in [-0.15, -0.1) is 0 Å². The highest BCUT2D eigenvalue weighted by atomic mass is 32.2. The Bertz CT molecular complexity index is 1000. The molecule has 1 aromatic heterocycles. The number of phenolic OH excluding ortho intramolecular Hbond substituents is 1. The lowest BCUT2D eigenvalue weighted by atomic mass is 10.1. The van der Waals surface area contributed by atoms with Crippen LogP contribution < -0.4 is 0 Å². The summed E-state index contributed by atoms with van der Waals surface area (Å²) < 4.78 is 37.5. The molecule has 2 aromatic carbocycles. The third-order valence-corrected chi connectivity index (χ3v) is 4.48. The maximum absolute atomic E-state index is 13.5. The molecule has 3 aromatic rings. The highest BCUT2D eigenvalue weighted by molar-refractivity contribution is 7.90. The van der Waals surface area contributed by atoms with Crippen LogP contribution >= 0.6 is 0 Å². The number of phenols is 1. The number of aromatic nitrogens is 2. The maximum Gasteiger partial charge on any atom is 0.179 e. The smallest absolute Gasteiger partial charge is 0.179 e. The number of benzene rings is 2. The number of aromatic hydroxyl groups is 1. The summed E-state index contributed by atoms with van der Waals surface area (Å²) in [5.74, 6) is -0.115. The maximum atomic E-state index is 13.5. The van der Waals surface area contributed by atoms with Crippen LogP contribution in [0.3, 0.4) is 0 Å². The Hall–Kier alpha value is -2.80. The minimum atomic E-state index is -3.59. The molecule has 0 saturated carbocycles. The molecule has 0 fully saturated rings. The van der Waals surface area contributed by atoms with Gasteiger partial charge in [-0.3, -0.25) is 0 Å². The largest absolute Gasteiger partial charge is 0.508 e. The van der Waals surface area contributed by atoms with E-state index in [2.05, 4.69) is 9.97 Å². The lowest BCUT2D eigenvalue weighted by molar-refractivity contribution is 0.475. The Kier molecular flexibility index (Phi) is 4.02. The number of nitrogens with zero attached hydrogens (tertiary/aromatic N) is 2. The molecule has 5 nitrogen and oxygen atoms in total. The summed E-state index contributed by atoms with van der Waals surface area (Å²) in [5, 5.41) is 9.36. The van der Waals surface area contributed by atoms with Gasteiger partial charge in [0.15, 0.2) is 15.7 Å². The highest BCUT2D eigenvalue weighted by Gasteiger charge is 2.19. The van der Waals surface area contributed by atoms with Gasteiger partial charge in [-0.1, -0.05) is 12.1 Å². The van der Waals surface area contributed by atoms with E-state index in [-0.39, 0.29) is 22.2 Å². The summed E-state index contributed by atoms with van der Waals surface area (Å²) in [6, 6.07) is 11.7. The summed E-state index contributed by atoms with van der Waals surface area (Å²) in [4.78, 5) is 8.33. The second-order valence-electron chi connectivity index (χ2n) is 5.24. The van der Waals surface area contributed by atoms with E-state index >= 15 is 0 Å². The lowest BCUT2D eigenvalue weighted by Gasteiger charge is -2.09. The van der Waals surface area contributed by atoms with Crippen molar-refractivity contribution in [1.29, 1.82) is 0 Å². The van der Waals surface area contributed by atoms with Gasteiger partial charge in [0.05, 0.1) is 11.9 Å². The molecule has 0 atom stereocenters. The van der Waals surface area contributed by atoms with Crippen molar-refractivity contribution in [2.45, 2.75) is 4.90 Å². The van der Waals surface area contributed by atoms with Crippen LogP contribution in [0.1, 0.15) is 0 Å². The van der Waals surface area contributed by atoms with Gasteiger partial charge < -0.3 is 5.11 Å². The van der Waals surface area contributed by atoms with Crippen LogP contribution in [0, 0.1) is 5.82 Å². The third-order valence-electron chi connectivity index (χ3n) is 3.38. The molecule has 0 unspecified atom stereocenters. The van der Waals surface area contributed by atoms with Gasteiger partial charge in [-0.25, -0.2) is 22.8 Å². The van der Waals surface area contributed by atoms with Crippen molar-refractivity contribution in [1.82, 2.24) is 9.97 Å². The van der Waals surface area contributed by atoms with Gasteiger partial charge in [0.2, 0.25) is 0 Å². The molecule has 3 rings (SSSR count). The molecule has 0 bridgehead atoms. The fraction of sp³-hybridized carbons (Fsp3) is 0.0588. The van der Waals surface area contributed by atoms with E-state index in [1.165, 1.54) is 36.5 Å². The Morgan fingerprint density at radius 3 is 2.38 bits per heavy atom. The average molecular weight is 344 g/mol. The first-order chi connectivity index (χ1) is 11.3. The van der Waals surface area contributed by atoms with Crippen LogP contribution in [-0.4, -0.2) is 29.7 Å². The van der Waals surface area contributed by atoms with Crippen LogP contribution in [0.25, 0.3) is 22.6 Å². The number of halogens is 1. The lowest BCUT2D eigenvalue weighted by Crippen LogP contribution is -2.04. The van der Waals surface area contributed by atoms with Crippen molar-refractivity contribution in [3.63, 3.8) is 0 Å². The number of hydrogen-bond acceptors (Lipinski definition) is 5. The van der Waals surface area contributed by atoms with E-state index in [9.17, 15) is 17.9 Å². The van der Waals surface area contributed by atoms with Crippen LogP contribution in [-0.2, 0) is 9.84 Å². The molecule has 1 N–H and O–H groups in total. The fourth-order valence-electron chi connectivity index (χ4n) is 2.23. The Morgan fingerprint density at radius 1 is 1.04 bits per heavy atom. The van der Waals surface area contributed by atoms with E-state index in [4.69, 9.17) is 0 Å². The summed E-state index contributed by atoms with van der Waals surface area (Å²) in [5.41, 5.74) is 1.08. The van der Waals surface area contributed by atoms with Crippen molar-refractivity contribution in [3.8, 4) is 28.4 Å². The zero-order valence-corrected chi connectivity index (χ0v) is 13.5. The second kappa shape index (κ2) is 6.01. The van der Waals surface area contributed by atoms with Crippen LogP contribution in [0.15, 0.2) is 59.6 Å². The molecule has 0 saturated heterocycles. The van der Waals surface area contributed by atoms with Crippen molar-refractivity contribution in [2.24, 2.45) is 0 Å². The third kappa shape index (κ3) is 3.26. The molecular weight excluding hydrogens is 331 g/mol. The van der Waals surface area contributed by atoms with E-state index in [1.807, 2.05) is 0 Å². The summed E-state index contributed by atoms with van der Waals surface area (Å²) in [6.45, 7) is 0. The molecule has 0 aliphatic carbocycles. The molecule has 0 amide bonds. The first kappa shape index (κ1) is 16.1. The van der Waals surface area contributed by atoms with Gasteiger partial charge in [0.1, 0.15) is 16.5 Å². The summed E-state index contributed by atoms with van der Waals surface area (Å²) >= 11 is 0. The van der Waals surface area contributed by atoms with Crippen molar-refractivity contribution in [3.05, 3.63) is 60.5 Å². The van der Waals surface area contributed by atoms with E-state index in [1.54, 1.807) is 18.2 Å². The van der Waals surface area contributed by atoms with Gasteiger partial charge in [-0.2, -0.15) is 0 Å². The number of rotatable bonds is 3. The number of sulfone groups is 1. The Balaban J connectivity index is 2.23. The minimum absolute atomic E-state index is 0.0735. The topological polar surface area (TPSA) is 80.2 Å². The zero-order valence-electron chi connectivity index (χ0n) is 12.6. The average Bonchev–Trinajstić information content (AvgIpc) is 2.54. The van der Waals surface area contributed by atoms with E-state index < -0.39 is 15.7 Å². The van der Waals surface area contributed by atoms with Crippen LogP contribution in [0.2, 0.25) is 0 Å². The van der Waals surface area contributed by atoms with Crippen LogP contribution in [0.5, 0.6) is 5.75 Å². The number of hydrogen-bond donors (Lipinski definition) is 1. The fourth-order valence-corrected chi connectivity index (χ4v) is 2.99. The predicted octanol–water partition coefficient (Wildman–Crippen LogP) is 3.06. The molecule has 7 heteroatoms. The van der Waals surface area contributed by atoms with Crippen molar-refractivity contribution in [2.75, 3.05) is 6.26 Å². The van der Waals surface area contributed by atoms with E-state index in [0.29, 0.717) is 11.1 Å². The Morgan fingerprint density at radius 2 is 1.75 bits per heavy atom. The van der Waals surface area contributed by atoms with Crippen molar-refractivity contribution < 1.29 is 17.9 Å². The van der Waals surface area contributed by atoms with Gasteiger partial charge in [-0.05, 0) is 36.4 Å². The van der Waals surface area contributed by atoms with Crippen LogP contribution in [0.4, 0.5) is 4.39 Å². The molecular formula is C17H13FN2O3S. The van der Waals surface area contributed by atoms with Gasteiger partial charge in [0.25, 0.3) is 0 Å². The molecule has 24 heavy (non-hydrogen) atoms. The normalized spacial score (nSPS) is 11.4.